The summed E-state index contributed by atoms with van der Waals surface area (Å²) in [6.45, 7) is 3.59. The summed E-state index contributed by atoms with van der Waals surface area (Å²) in [5.74, 6) is 1.80. The molecule has 1 saturated heterocycles. The van der Waals surface area contributed by atoms with E-state index in [-0.39, 0.29) is 30.5 Å². The first-order valence-corrected chi connectivity index (χ1v) is 12.0. The van der Waals surface area contributed by atoms with Gasteiger partial charge in [-0.2, -0.15) is 0 Å². The Labute approximate surface area is 183 Å². The maximum absolute atomic E-state index is 12.3. The Morgan fingerprint density at radius 3 is 2.39 bits per heavy atom. The summed E-state index contributed by atoms with van der Waals surface area (Å²) in [4.78, 5) is 13.9. The zero-order chi connectivity index (χ0) is 22.1. The van der Waals surface area contributed by atoms with E-state index in [1.54, 1.807) is 23.1 Å². The van der Waals surface area contributed by atoms with Crippen LogP contribution in [-0.4, -0.2) is 63.6 Å². The maximum atomic E-state index is 12.3. The van der Waals surface area contributed by atoms with Gasteiger partial charge in [0, 0.05) is 19.2 Å². The van der Waals surface area contributed by atoms with Gasteiger partial charge in [-0.1, -0.05) is 24.3 Å². The lowest BCUT2D eigenvalue weighted by Crippen LogP contribution is -2.43. The van der Waals surface area contributed by atoms with Crippen molar-refractivity contribution < 1.29 is 27.4 Å². The van der Waals surface area contributed by atoms with Crippen LogP contribution < -0.4 is 14.2 Å². The monoisotopic (exact) mass is 445 g/mol. The third kappa shape index (κ3) is 7.03. The fraction of sp³-hybridized carbons (Fsp3) is 0.348. The number of rotatable bonds is 9. The standard InChI is InChI=1S/C23H27NO6S/c1-2-28-22-18-19(9-11-23(25)24-12-16-31(26,27)17-13-24)8-10-21(22)30-15-14-29-20-6-4-3-5-7-20/h3-11,18H,2,12-17H2,1H3/b11-9+. The SMILES string of the molecule is CCOc1cc(/C=C/C(=O)N2CCS(=O)(=O)CC2)ccc1OCCOc1ccccc1. The second kappa shape index (κ2) is 10.9. The van der Waals surface area contributed by atoms with E-state index in [0.29, 0.717) is 31.3 Å². The van der Waals surface area contributed by atoms with Gasteiger partial charge in [0.2, 0.25) is 5.91 Å². The van der Waals surface area contributed by atoms with Gasteiger partial charge in [0.1, 0.15) is 19.0 Å². The van der Waals surface area contributed by atoms with Crippen molar-refractivity contribution in [3.05, 3.63) is 60.2 Å². The van der Waals surface area contributed by atoms with Crippen molar-refractivity contribution in [1.29, 1.82) is 0 Å². The van der Waals surface area contributed by atoms with Crippen LogP contribution in [0.25, 0.3) is 6.08 Å². The lowest BCUT2D eigenvalue weighted by molar-refractivity contribution is -0.125. The Balaban J connectivity index is 1.56. The van der Waals surface area contributed by atoms with Gasteiger partial charge >= 0.3 is 0 Å². The molecule has 31 heavy (non-hydrogen) atoms. The minimum absolute atomic E-state index is 0.0150. The van der Waals surface area contributed by atoms with Gasteiger partial charge in [0.15, 0.2) is 21.3 Å². The number of carbonyl (C=O) groups excluding carboxylic acids is 1. The molecule has 1 amide bonds. The van der Waals surface area contributed by atoms with E-state index >= 15 is 0 Å². The molecule has 2 aromatic carbocycles. The molecule has 1 heterocycles. The van der Waals surface area contributed by atoms with E-state index in [1.165, 1.54) is 6.08 Å². The van der Waals surface area contributed by atoms with Crippen LogP contribution in [0.4, 0.5) is 0 Å². The average molecular weight is 446 g/mol. The molecule has 0 saturated carbocycles. The van der Waals surface area contributed by atoms with Crippen LogP contribution in [0.3, 0.4) is 0 Å². The molecule has 1 aliphatic heterocycles. The number of hydrogen-bond donors (Lipinski definition) is 0. The summed E-state index contributed by atoms with van der Waals surface area (Å²) in [5, 5.41) is 0. The second-order valence-electron chi connectivity index (χ2n) is 6.96. The summed E-state index contributed by atoms with van der Waals surface area (Å²) in [5.41, 5.74) is 0.786. The largest absolute Gasteiger partial charge is 0.490 e. The molecule has 0 radical (unpaired) electrons. The van der Waals surface area contributed by atoms with Crippen LogP contribution in [0.2, 0.25) is 0 Å². The Morgan fingerprint density at radius 1 is 0.968 bits per heavy atom. The van der Waals surface area contributed by atoms with Crippen molar-refractivity contribution in [1.82, 2.24) is 4.90 Å². The molecule has 2 aromatic rings. The number of para-hydroxylation sites is 1. The number of sulfone groups is 1. The lowest BCUT2D eigenvalue weighted by Gasteiger charge is -2.25. The Kier molecular flexibility index (Phi) is 7.94. The van der Waals surface area contributed by atoms with Gasteiger partial charge < -0.3 is 19.1 Å². The highest BCUT2D eigenvalue weighted by atomic mass is 32.2. The molecular formula is C23H27NO6S. The summed E-state index contributed by atoms with van der Waals surface area (Å²) in [7, 11) is -3.02. The molecule has 0 aromatic heterocycles. The van der Waals surface area contributed by atoms with E-state index in [0.717, 1.165) is 11.3 Å². The Hall–Kier alpha value is -3.00. The zero-order valence-corrected chi connectivity index (χ0v) is 18.3. The van der Waals surface area contributed by atoms with Crippen molar-refractivity contribution in [2.75, 3.05) is 44.4 Å². The summed E-state index contributed by atoms with van der Waals surface area (Å²) >= 11 is 0. The smallest absolute Gasteiger partial charge is 0.246 e. The zero-order valence-electron chi connectivity index (χ0n) is 17.5. The first-order valence-electron chi connectivity index (χ1n) is 10.2. The minimum Gasteiger partial charge on any atom is -0.490 e. The van der Waals surface area contributed by atoms with E-state index in [4.69, 9.17) is 14.2 Å². The predicted molar refractivity (Wildman–Crippen MR) is 119 cm³/mol. The highest BCUT2D eigenvalue weighted by molar-refractivity contribution is 7.91. The first kappa shape index (κ1) is 22.7. The average Bonchev–Trinajstić information content (AvgIpc) is 2.77. The number of amides is 1. The molecule has 0 spiro atoms. The van der Waals surface area contributed by atoms with Crippen molar-refractivity contribution in [3.63, 3.8) is 0 Å². The highest BCUT2D eigenvalue weighted by Crippen LogP contribution is 2.29. The maximum Gasteiger partial charge on any atom is 0.246 e. The molecule has 7 nitrogen and oxygen atoms in total. The molecule has 0 N–H and O–H groups in total. The minimum atomic E-state index is -3.02. The Bertz CT molecular complexity index is 990. The molecule has 3 rings (SSSR count). The van der Waals surface area contributed by atoms with Crippen LogP contribution in [0.1, 0.15) is 12.5 Å². The van der Waals surface area contributed by atoms with Crippen molar-refractivity contribution in [2.45, 2.75) is 6.92 Å². The quantitative estimate of drug-likeness (QED) is 0.436. The molecular weight excluding hydrogens is 418 g/mol. The van der Waals surface area contributed by atoms with Gasteiger partial charge in [-0.25, -0.2) is 8.42 Å². The number of ether oxygens (including phenoxy) is 3. The second-order valence-corrected chi connectivity index (χ2v) is 9.26. The van der Waals surface area contributed by atoms with Crippen molar-refractivity contribution >= 4 is 21.8 Å². The normalized spacial score (nSPS) is 15.6. The fourth-order valence-corrected chi connectivity index (χ4v) is 4.25. The molecule has 8 heteroatoms. The molecule has 1 aliphatic rings. The predicted octanol–water partition coefficient (Wildman–Crippen LogP) is 2.81. The summed E-state index contributed by atoms with van der Waals surface area (Å²) < 4.78 is 40.1. The molecule has 0 bridgehead atoms. The van der Waals surface area contributed by atoms with Crippen LogP contribution in [0.15, 0.2) is 54.6 Å². The van der Waals surface area contributed by atoms with Crippen molar-refractivity contribution in [2.24, 2.45) is 0 Å². The van der Waals surface area contributed by atoms with Gasteiger partial charge in [-0.05, 0) is 42.8 Å². The number of hydrogen-bond acceptors (Lipinski definition) is 6. The van der Waals surface area contributed by atoms with Crippen LogP contribution >= 0.6 is 0 Å². The van der Waals surface area contributed by atoms with Gasteiger partial charge in [0.05, 0.1) is 18.1 Å². The van der Waals surface area contributed by atoms with Gasteiger partial charge in [-0.3, -0.25) is 4.79 Å². The van der Waals surface area contributed by atoms with Crippen LogP contribution in [0, 0.1) is 0 Å². The Morgan fingerprint density at radius 2 is 1.68 bits per heavy atom. The molecule has 0 unspecified atom stereocenters. The number of benzene rings is 2. The summed E-state index contributed by atoms with van der Waals surface area (Å²) in [6.07, 6.45) is 3.15. The molecule has 0 atom stereocenters. The molecule has 1 fully saturated rings. The van der Waals surface area contributed by atoms with Crippen LogP contribution in [-0.2, 0) is 14.6 Å². The highest BCUT2D eigenvalue weighted by Gasteiger charge is 2.23. The molecule has 0 aliphatic carbocycles. The van der Waals surface area contributed by atoms with Crippen LogP contribution in [0.5, 0.6) is 17.2 Å². The number of carbonyl (C=O) groups is 1. The van der Waals surface area contributed by atoms with E-state index in [2.05, 4.69) is 0 Å². The van der Waals surface area contributed by atoms with E-state index in [9.17, 15) is 13.2 Å². The van der Waals surface area contributed by atoms with Gasteiger partial charge in [-0.15, -0.1) is 0 Å². The lowest BCUT2D eigenvalue weighted by atomic mass is 10.2. The fourth-order valence-electron chi connectivity index (χ4n) is 3.05. The third-order valence-electron chi connectivity index (χ3n) is 4.69. The van der Waals surface area contributed by atoms with E-state index < -0.39 is 9.84 Å². The third-order valence-corrected chi connectivity index (χ3v) is 6.30. The van der Waals surface area contributed by atoms with Gasteiger partial charge in [0.25, 0.3) is 0 Å². The summed E-state index contributed by atoms with van der Waals surface area (Å²) in [6, 6.07) is 15.0. The number of nitrogens with zero attached hydrogens (tertiary/aromatic N) is 1. The first-order chi connectivity index (χ1) is 15.0. The van der Waals surface area contributed by atoms with E-state index in [1.807, 2.05) is 43.3 Å². The topological polar surface area (TPSA) is 82.1 Å². The van der Waals surface area contributed by atoms with Crippen molar-refractivity contribution in [3.8, 4) is 17.2 Å². The molecule has 166 valence electrons.